The molecule has 1 aromatic rings. The summed E-state index contributed by atoms with van der Waals surface area (Å²) in [6.45, 7) is 12.3. The third kappa shape index (κ3) is 3.68. The molecular formula is C24H31N3O. The Morgan fingerprint density at radius 2 is 2.25 bits per heavy atom. The Labute approximate surface area is 168 Å². The summed E-state index contributed by atoms with van der Waals surface area (Å²) in [5, 5.41) is 3.21. The van der Waals surface area contributed by atoms with Crippen LogP contribution in [0.2, 0.25) is 0 Å². The van der Waals surface area contributed by atoms with Gasteiger partial charge in [-0.3, -0.25) is 9.79 Å². The highest BCUT2D eigenvalue weighted by Gasteiger charge is 2.28. The largest absolute Gasteiger partial charge is 0.366 e. The Morgan fingerprint density at radius 1 is 1.50 bits per heavy atom. The minimum atomic E-state index is -0.419. The van der Waals surface area contributed by atoms with Gasteiger partial charge in [-0.25, -0.2) is 0 Å². The molecular weight excluding hydrogens is 346 g/mol. The molecule has 2 aliphatic rings. The molecule has 3 N–H and O–H groups in total. The number of aryl methyl sites for hydroxylation is 1. The number of allylic oxidation sites excluding steroid dienone is 2. The van der Waals surface area contributed by atoms with Crippen LogP contribution in [-0.4, -0.2) is 18.2 Å². The summed E-state index contributed by atoms with van der Waals surface area (Å²) in [6.07, 6.45) is 12.6. The molecule has 4 unspecified atom stereocenters. The number of carbonyl (C=O) groups excluding carboxylic acids is 1. The first kappa shape index (κ1) is 20.1. The fraction of sp³-hybridized carbons (Fsp3) is 0.417. The molecule has 1 amide bonds. The molecule has 1 aliphatic carbocycles. The van der Waals surface area contributed by atoms with Crippen LogP contribution in [0.15, 0.2) is 42.1 Å². The van der Waals surface area contributed by atoms with Gasteiger partial charge in [-0.15, -0.1) is 0 Å². The first-order valence-corrected chi connectivity index (χ1v) is 10.2. The number of hydrogen-bond acceptors (Lipinski definition) is 3. The lowest BCUT2D eigenvalue weighted by molar-refractivity contribution is 0.100. The summed E-state index contributed by atoms with van der Waals surface area (Å²) in [4.78, 5) is 17.0. The molecule has 4 nitrogen and oxygen atoms in total. The molecule has 0 radical (unpaired) electrons. The first-order valence-electron chi connectivity index (χ1n) is 10.2. The van der Waals surface area contributed by atoms with Crippen molar-refractivity contribution in [3.8, 4) is 0 Å². The highest BCUT2D eigenvalue weighted by Crippen LogP contribution is 2.41. The molecule has 148 valence electrons. The minimum absolute atomic E-state index is 0.188. The molecule has 1 aliphatic heterocycles. The number of fused-ring (bicyclic) bond motifs is 1. The molecule has 28 heavy (non-hydrogen) atoms. The number of carbonyl (C=O) groups is 1. The van der Waals surface area contributed by atoms with Crippen molar-refractivity contribution < 1.29 is 4.79 Å². The summed E-state index contributed by atoms with van der Waals surface area (Å²) in [7, 11) is 0. The third-order valence-corrected chi connectivity index (χ3v) is 5.94. The van der Waals surface area contributed by atoms with Crippen LogP contribution in [0.3, 0.4) is 0 Å². The predicted octanol–water partition coefficient (Wildman–Crippen LogP) is 5.21. The second-order valence-electron chi connectivity index (χ2n) is 8.07. The molecule has 0 aromatic heterocycles. The van der Waals surface area contributed by atoms with E-state index < -0.39 is 5.91 Å². The summed E-state index contributed by atoms with van der Waals surface area (Å²) >= 11 is 0. The van der Waals surface area contributed by atoms with Gasteiger partial charge in [0.15, 0.2) is 0 Å². The highest BCUT2D eigenvalue weighted by molar-refractivity contribution is 6.02. The Bertz CT molecular complexity index is 878. The van der Waals surface area contributed by atoms with E-state index in [0.29, 0.717) is 17.4 Å². The number of nitrogens with one attached hydrogen (secondary N) is 1. The number of nitrogens with zero attached hydrogens (tertiary/aromatic N) is 1. The van der Waals surface area contributed by atoms with E-state index in [9.17, 15) is 4.79 Å². The van der Waals surface area contributed by atoms with E-state index in [0.717, 1.165) is 40.8 Å². The van der Waals surface area contributed by atoms with E-state index in [-0.39, 0.29) is 12.0 Å². The van der Waals surface area contributed by atoms with Crippen LogP contribution in [0.4, 0.5) is 5.69 Å². The number of nitrogens with two attached hydrogens (primary N) is 1. The molecule has 3 rings (SSSR count). The van der Waals surface area contributed by atoms with Crippen LogP contribution in [-0.2, 0) is 0 Å². The molecule has 1 heterocycles. The van der Waals surface area contributed by atoms with Gasteiger partial charge in [0.25, 0.3) is 5.91 Å². The number of primary amides is 1. The number of amides is 1. The van der Waals surface area contributed by atoms with Crippen molar-refractivity contribution in [2.75, 3.05) is 5.32 Å². The number of hydrogen-bond donors (Lipinski definition) is 2. The van der Waals surface area contributed by atoms with Crippen LogP contribution < -0.4 is 11.1 Å². The minimum Gasteiger partial charge on any atom is -0.366 e. The predicted molar refractivity (Wildman–Crippen MR) is 119 cm³/mol. The number of aliphatic imine (C=N–C) groups is 1. The van der Waals surface area contributed by atoms with Gasteiger partial charge in [0.1, 0.15) is 0 Å². The van der Waals surface area contributed by atoms with E-state index in [1.165, 1.54) is 0 Å². The SMILES string of the molecule is C=CNc1c(C(N)=O)c(C)cc(C2=CC3N=CC(C)CC3C=C2)c1C(C)CC. The van der Waals surface area contributed by atoms with Crippen molar-refractivity contribution in [2.24, 2.45) is 22.6 Å². The monoisotopic (exact) mass is 377 g/mol. The van der Waals surface area contributed by atoms with E-state index in [1.807, 2.05) is 6.92 Å². The van der Waals surface area contributed by atoms with Gasteiger partial charge in [-0.2, -0.15) is 0 Å². The van der Waals surface area contributed by atoms with Gasteiger partial charge in [0, 0.05) is 12.1 Å². The molecule has 0 saturated carbocycles. The van der Waals surface area contributed by atoms with Crippen molar-refractivity contribution >= 4 is 23.4 Å². The van der Waals surface area contributed by atoms with Crippen LogP contribution in [0.25, 0.3) is 5.57 Å². The topological polar surface area (TPSA) is 67.5 Å². The number of benzene rings is 1. The van der Waals surface area contributed by atoms with Crippen LogP contribution in [0.1, 0.15) is 66.6 Å². The Hall–Kier alpha value is -2.62. The van der Waals surface area contributed by atoms with Crippen molar-refractivity contribution in [1.29, 1.82) is 0 Å². The van der Waals surface area contributed by atoms with E-state index in [4.69, 9.17) is 10.7 Å². The highest BCUT2D eigenvalue weighted by atomic mass is 16.1. The third-order valence-electron chi connectivity index (χ3n) is 5.94. The van der Waals surface area contributed by atoms with Crippen LogP contribution in [0.5, 0.6) is 0 Å². The van der Waals surface area contributed by atoms with Crippen LogP contribution in [0, 0.1) is 18.8 Å². The lowest BCUT2D eigenvalue weighted by atomic mass is 9.79. The zero-order chi connectivity index (χ0) is 20.4. The lowest BCUT2D eigenvalue weighted by Gasteiger charge is -2.30. The Balaban J connectivity index is 2.20. The zero-order valence-corrected chi connectivity index (χ0v) is 17.3. The van der Waals surface area contributed by atoms with E-state index in [1.54, 1.807) is 6.20 Å². The molecule has 0 bridgehead atoms. The van der Waals surface area contributed by atoms with Crippen molar-refractivity contribution in [2.45, 2.75) is 52.5 Å². The maximum atomic E-state index is 12.2. The second-order valence-corrected chi connectivity index (χ2v) is 8.07. The molecule has 4 heteroatoms. The summed E-state index contributed by atoms with van der Waals surface area (Å²) in [5.74, 6) is 0.833. The van der Waals surface area contributed by atoms with Crippen molar-refractivity contribution in [3.63, 3.8) is 0 Å². The second kappa shape index (κ2) is 8.17. The fourth-order valence-corrected chi connectivity index (χ4v) is 4.35. The number of anilines is 1. The average molecular weight is 378 g/mol. The Morgan fingerprint density at radius 3 is 2.89 bits per heavy atom. The Kier molecular flexibility index (Phi) is 5.87. The summed E-state index contributed by atoms with van der Waals surface area (Å²) < 4.78 is 0. The van der Waals surface area contributed by atoms with E-state index >= 15 is 0 Å². The maximum absolute atomic E-state index is 12.2. The smallest absolute Gasteiger partial charge is 0.251 e. The molecule has 0 spiro atoms. The normalized spacial score (nSPS) is 24.3. The molecule has 4 atom stereocenters. The van der Waals surface area contributed by atoms with Gasteiger partial charge >= 0.3 is 0 Å². The molecule has 0 saturated heterocycles. The van der Waals surface area contributed by atoms with Crippen molar-refractivity contribution in [3.05, 3.63) is 59.3 Å². The van der Waals surface area contributed by atoms with Gasteiger partial charge < -0.3 is 11.1 Å². The maximum Gasteiger partial charge on any atom is 0.251 e. The first-order chi connectivity index (χ1) is 13.4. The summed E-state index contributed by atoms with van der Waals surface area (Å²) in [5.41, 5.74) is 11.3. The van der Waals surface area contributed by atoms with Crippen LogP contribution >= 0.6 is 0 Å². The van der Waals surface area contributed by atoms with Gasteiger partial charge in [-0.1, -0.05) is 51.6 Å². The van der Waals surface area contributed by atoms with Gasteiger partial charge in [-0.05, 0) is 60.1 Å². The van der Waals surface area contributed by atoms with E-state index in [2.05, 4.69) is 63.2 Å². The van der Waals surface area contributed by atoms with Gasteiger partial charge in [0.2, 0.25) is 0 Å². The quantitative estimate of drug-likeness (QED) is 0.714. The van der Waals surface area contributed by atoms with Crippen molar-refractivity contribution in [1.82, 2.24) is 0 Å². The number of rotatable bonds is 6. The zero-order valence-electron chi connectivity index (χ0n) is 17.3. The lowest BCUT2D eigenvalue weighted by Crippen LogP contribution is -2.25. The molecule has 1 aromatic carbocycles. The average Bonchev–Trinajstić information content (AvgIpc) is 2.66. The molecule has 0 fully saturated rings. The standard InChI is InChI=1S/C24H31N3O/c1-6-15(4)21-19(11-16(5)22(24(25)28)23(21)26-7-2)17-8-9-18-10-14(3)13-27-20(18)12-17/h7-9,11-15,18,20,26H,2,6,10H2,1,3-5H3,(H2,25,28). The fourth-order valence-electron chi connectivity index (χ4n) is 4.35. The summed E-state index contributed by atoms with van der Waals surface area (Å²) in [6, 6.07) is 2.29. The van der Waals surface area contributed by atoms with Gasteiger partial charge in [0.05, 0.1) is 17.3 Å².